The molecule has 0 aromatic heterocycles. The van der Waals surface area contributed by atoms with E-state index in [0.29, 0.717) is 30.4 Å². The van der Waals surface area contributed by atoms with E-state index in [-0.39, 0.29) is 0 Å². The summed E-state index contributed by atoms with van der Waals surface area (Å²) in [5.74, 6) is 1.49. The molecule has 7 atom stereocenters. The molecule has 6 unspecified atom stereocenters. The molecular weight excluding hydrogens is 214 g/mol. The van der Waals surface area contributed by atoms with Crippen molar-refractivity contribution in [1.29, 1.82) is 0 Å². The summed E-state index contributed by atoms with van der Waals surface area (Å²) in [6.07, 6.45) is 6.54. The van der Waals surface area contributed by atoms with Crippen molar-refractivity contribution >= 4 is 0 Å². The summed E-state index contributed by atoms with van der Waals surface area (Å²) < 4.78 is 11.9. The summed E-state index contributed by atoms with van der Waals surface area (Å²) in [7, 11) is 1.87. The van der Waals surface area contributed by atoms with Gasteiger partial charge in [-0.2, -0.15) is 0 Å². The molecule has 2 saturated heterocycles. The number of piperidine rings is 1. The molecule has 2 heterocycles. The monoisotopic (exact) mass is 240 g/mol. The molecule has 3 rings (SSSR count). The number of ether oxygens (including phenoxy) is 2. The summed E-state index contributed by atoms with van der Waals surface area (Å²) in [4.78, 5) is 0. The number of quaternary nitrogens is 1. The minimum atomic E-state index is 0.441. The minimum absolute atomic E-state index is 0.441. The first kappa shape index (κ1) is 11.9. The first-order valence-corrected chi connectivity index (χ1v) is 7.24. The van der Waals surface area contributed by atoms with E-state index in [0.717, 1.165) is 11.8 Å². The molecule has 3 fully saturated rings. The highest BCUT2D eigenvalue weighted by molar-refractivity contribution is 4.97. The van der Waals surface area contributed by atoms with Crippen LogP contribution >= 0.6 is 0 Å². The summed E-state index contributed by atoms with van der Waals surface area (Å²) in [6.45, 7) is 4.60. The Morgan fingerprint density at radius 1 is 1.18 bits per heavy atom. The van der Waals surface area contributed by atoms with Gasteiger partial charge >= 0.3 is 0 Å². The number of methoxy groups -OCH3 is 1. The average molecular weight is 240 g/mol. The maximum absolute atomic E-state index is 6.22. The second-order valence-corrected chi connectivity index (χ2v) is 6.31. The predicted molar refractivity (Wildman–Crippen MR) is 65.8 cm³/mol. The smallest absolute Gasteiger partial charge is 0.118 e. The SMILES string of the molecule is COC1CCCC2C1[NH2+]C(C)C1C[C@@H](C)OC12. The molecule has 2 N–H and O–H groups in total. The highest BCUT2D eigenvalue weighted by Gasteiger charge is 2.53. The van der Waals surface area contributed by atoms with E-state index in [1.165, 1.54) is 25.7 Å². The van der Waals surface area contributed by atoms with Crippen LogP contribution in [-0.2, 0) is 9.47 Å². The third-order valence-electron chi connectivity index (χ3n) is 5.29. The van der Waals surface area contributed by atoms with Gasteiger partial charge in [0.25, 0.3) is 0 Å². The zero-order valence-corrected chi connectivity index (χ0v) is 11.3. The van der Waals surface area contributed by atoms with Crippen LogP contribution in [0.1, 0.15) is 39.5 Å². The normalized spacial score (nSPS) is 54.2. The lowest BCUT2D eigenvalue weighted by atomic mass is 9.70. The lowest BCUT2D eigenvalue weighted by Gasteiger charge is -2.45. The van der Waals surface area contributed by atoms with Crippen molar-refractivity contribution in [3.05, 3.63) is 0 Å². The molecule has 3 aliphatic rings. The van der Waals surface area contributed by atoms with Gasteiger partial charge in [-0.15, -0.1) is 0 Å². The number of fused-ring (bicyclic) bond motifs is 3. The molecule has 3 heteroatoms. The Labute approximate surface area is 104 Å². The van der Waals surface area contributed by atoms with Gasteiger partial charge < -0.3 is 14.8 Å². The van der Waals surface area contributed by atoms with Crippen LogP contribution in [0.2, 0.25) is 0 Å². The number of rotatable bonds is 1. The number of hydrogen-bond acceptors (Lipinski definition) is 2. The molecule has 17 heavy (non-hydrogen) atoms. The Balaban J connectivity index is 1.81. The summed E-state index contributed by atoms with van der Waals surface area (Å²) in [6, 6.07) is 1.33. The predicted octanol–water partition coefficient (Wildman–Crippen LogP) is 0.929. The zero-order chi connectivity index (χ0) is 12.0. The average Bonchev–Trinajstić information content (AvgIpc) is 2.71. The van der Waals surface area contributed by atoms with Crippen molar-refractivity contribution in [2.75, 3.05) is 7.11 Å². The Hall–Kier alpha value is -0.120. The Morgan fingerprint density at radius 2 is 2.00 bits per heavy atom. The standard InChI is InChI=1S/C14H25NO2/c1-8-7-11-9(2)15-13-10(14(11)17-8)5-4-6-12(13)16-3/h8-15H,4-7H2,1-3H3/p+1/t8-,9?,10?,11?,12?,13?,14?/m1/s1. The highest BCUT2D eigenvalue weighted by Crippen LogP contribution is 2.41. The third kappa shape index (κ3) is 1.92. The quantitative estimate of drug-likeness (QED) is 0.740. The van der Waals surface area contributed by atoms with Crippen LogP contribution in [0.3, 0.4) is 0 Å². The second kappa shape index (κ2) is 4.52. The largest absolute Gasteiger partial charge is 0.375 e. The molecule has 0 aromatic carbocycles. The molecule has 0 aromatic rings. The van der Waals surface area contributed by atoms with Gasteiger partial charge in [0, 0.05) is 18.9 Å². The van der Waals surface area contributed by atoms with E-state index < -0.39 is 0 Å². The van der Waals surface area contributed by atoms with Gasteiger partial charge in [-0.3, -0.25) is 0 Å². The summed E-state index contributed by atoms with van der Waals surface area (Å²) in [5.41, 5.74) is 0. The lowest BCUT2D eigenvalue weighted by Crippen LogP contribution is -3.02. The molecule has 1 saturated carbocycles. The van der Waals surface area contributed by atoms with Crippen LogP contribution in [0.5, 0.6) is 0 Å². The van der Waals surface area contributed by atoms with E-state index in [9.17, 15) is 0 Å². The van der Waals surface area contributed by atoms with Gasteiger partial charge in [0.1, 0.15) is 12.1 Å². The van der Waals surface area contributed by atoms with Crippen LogP contribution in [0.4, 0.5) is 0 Å². The molecule has 98 valence electrons. The van der Waals surface area contributed by atoms with Gasteiger partial charge in [-0.05, 0) is 33.1 Å². The maximum atomic E-state index is 6.22. The van der Waals surface area contributed by atoms with E-state index in [4.69, 9.17) is 9.47 Å². The highest BCUT2D eigenvalue weighted by atomic mass is 16.5. The fraction of sp³-hybridized carbons (Fsp3) is 1.00. The molecule has 0 spiro atoms. The second-order valence-electron chi connectivity index (χ2n) is 6.31. The van der Waals surface area contributed by atoms with Crippen LogP contribution in [0.15, 0.2) is 0 Å². The van der Waals surface area contributed by atoms with Crippen LogP contribution in [0.25, 0.3) is 0 Å². The zero-order valence-electron chi connectivity index (χ0n) is 11.3. The molecule has 0 radical (unpaired) electrons. The van der Waals surface area contributed by atoms with Crippen molar-refractivity contribution in [2.24, 2.45) is 11.8 Å². The first-order valence-electron chi connectivity index (χ1n) is 7.24. The fourth-order valence-electron chi connectivity index (χ4n) is 4.51. The lowest BCUT2D eigenvalue weighted by molar-refractivity contribution is -0.751. The van der Waals surface area contributed by atoms with Gasteiger partial charge in [0.2, 0.25) is 0 Å². The minimum Gasteiger partial charge on any atom is -0.375 e. The molecular formula is C14H26NO2+. The third-order valence-corrected chi connectivity index (χ3v) is 5.29. The molecule has 3 nitrogen and oxygen atoms in total. The molecule has 1 aliphatic carbocycles. The van der Waals surface area contributed by atoms with Crippen molar-refractivity contribution in [2.45, 2.75) is 69.9 Å². The number of hydrogen-bond donors (Lipinski definition) is 1. The molecule has 0 amide bonds. The Kier molecular flexibility index (Phi) is 3.18. The van der Waals surface area contributed by atoms with Crippen molar-refractivity contribution < 1.29 is 14.8 Å². The van der Waals surface area contributed by atoms with E-state index in [1.807, 2.05) is 7.11 Å². The van der Waals surface area contributed by atoms with Gasteiger partial charge in [-0.25, -0.2) is 0 Å². The van der Waals surface area contributed by atoms with Crippen LogP contribution < -0.4 is 5.32 Å². The van der Waals surface area contributed by atoms with Gasteiger partial charge in [-0.1, -0.05) is 6.42 Å². The topological polar surface area (TPSA) is 35.1 Å². The first-order chi connectivity index (χ1) is 8.20. The van der Waals surface area contributed by atoms with E-state index >= 15 is 0 Å². The maximum Gasteiger partial charge on any atom is 0.118 e. The van der Waals surface area contributed by atoms with Crippen molar-refractivity contribution in [1.82, 2.24) is 0 Å². The summed E-state index contributed by atoms with van der Waals surface area (Å²) >= 11 is 0. The summed E-state index contributed by atoms with van der Waals surface area (Å²) in [5, 5.41) is 2.58. The van der Waals surface area contributed by atoms with Gasteiger partial charge in [0.15, 0.2) is 0 Å². The van der Waals surface area contributed by atoms with Crippen LogP contribution in [0, 0.1) is 11.8 Å². The van der Waals surface area contributed by atoms with E-state index in [1.54, 1.807) is 0 Å². The molecule has 2 aliphatic heterocycles. The van der Waals surface area contributed by atoms with Crippen molar-refractivity contribution in [3.8, 4) is 0 Å². The van der Waals surface area contributed by atoms with Gasteiger partial charge in [0.05, 0.1) is 18.2 Å². The molecule has 0 bridgehead atoms. The van der Waals surface area contributed by atoms with Crippen molar-refractivity contribution in [3.63, 3.8) is 0 Å². The van der Waals surface area contributed by atoms with E-state index in [2.05, 4.69) is 19.2 Å². The Morgan fingerprint density at radius 3 is 2.76 bits per heavy atom. The van der Waals surface area contributed by atoms with Crippen LogP contribution in [-0.4, -0.2) is 37.5 Å². The fourth-order valence-corrected chi connectivity index (χ4v) is 4.51. The number of nitrogens with two attached hydrogens (primary N) is 1. The Bertz CT molecular complexity index is 281.